The fraction of sp³-hybridized carbons (Fsp3) is 0.200. The van der Waals surface area contributed by atoms with Crippen LogP contribution in [-0.4, -0.2) is 37.2 Å². The summed E-state index contributed by atoms with van der Waals surface area (Å²) in [5.41, 5.74) is 4.62. The molecule has 3 rings (SSSR count). The van der Waals surface area contributed by atoms with E-state index in [4.69, 9.17) is 4.74 Å². The summed E-state index contributed by atoms with van der Waals surface area (Å²) in [5, 5.41) is 0. The Labute approximate surface area is 146 Å². The van der Waals surface area contributed by atoms with Gasteiger partial charge in [-0.05, 0) is 22.3 Å². The van der Waals surface area contributed by atoms with Crippen LogP contribution in [0.15, 0.2) is 61.4 Å². The molecule has 0 spiro atoms. The third-order valence-electron chi connectivity index (χ3n) is 4.23. The zero-order valence-electron chi connectivity index (χ0n) is 14.0. The number of rotatable bonds is 5. The van der Waals surface area contributed by atoms with E-state index in [-0.39, 0.29) is 19.1 Å². The van der Waals surface area contributed by atoms with Gasteiger partial charge in [-0.3, -0.25) is 0 Å². The second kappa shape index (κ2) is 7.21. The number of benzene rings is 2. The van der Waals surface area contributed by atoms with Gasteiger partial charge in [0.1, 0.15) is 13.2 Å². The molecule has 5 heteroatoms. The summed E-state index contributed by atoms with van der Waals surface area (Å²) >= 11 is 0. The molecule has 25 heavy (non-hydrogen) atoms. The van der Waals surface area contributed by atoms with Crippen molar-refractivity contribution < 1.29 is 19.1 Å². The summed E-state index contributed by atoms with van der Waals surface area (Å²) in [4.78, 5) is 24.7. The molecule has 128 valence electrons. The Bertz CT molecular complexity index is 769. The molecule has 0 unspecified atom stereocenters. The third kappa shape index (κ3) is 3.40. The molecule has 0 aliphatic heterocycles. The number of hydrogen-bond acceptors (Lipinski definition) is 4. The zero-order chi connectivity index (χ0) is 17.8. The molecule has 0 saturated heterocycles. The van der Waals surface area contributed by atoms with E-state index < -0.39 is 12.1 Å². The molecule has 2 aromatic rings. The molecule has 5 nitrogen and oxygen atoms in total. The number of nitrogens with zero attached hydrogens (tertiary/aromatic N) is 1. The molecular weight excluding hydrogens is 318 g/mol. The number of likely N-dealkylation sites (N-methyl/N-ethyl adjacent to an activating group) is 1. The number of fused-ring (bicyclic) bond motifs is 3. The quantitative estimate of drug-likeness (QED) is 0.618. The Morgan fingerprint density at radius 1 is 1.08 bits per heavy atom. The maximum atomic E-state index is 12.1. The van der Waals surface area contributed by atoms with Crippen LogP contribution >= 0.6 is 0 Å². The Morgan fingerprint density at radius 3 is 2.20 bits per heavy atom. The predicted octanol–water partition coefficient (Wildman–Crippen LogP) is 3.55. The average Bonchev–Trinajstić information content (AvgIpc) is 2.94. The Hall–Kier alpha value is -3.08. The van der Waals surface area contributed by atoms with Crippen LogP contribution in [0.4, 0.5) is 4.79 Å². The Kier molecular flexibility index (Phi) is 4.84. The minimum Gasteiger partial charge on any atom is -0.448 e. The van der Waals surface area contributed by atoms with Gasteiger partial charge in [0.05, 0.1) is 6.26 Å². The number of carbonyl (C=O) groups is 2. The van der Waals surface area contributed by atoms with E-state index >= 15 is 0 Å². The zero-order valence-corrected chi connectivity index (χ0v) is 14.0. The lowest BCUT2D eigenvalue weighted by atomic mass is 9.98. The van der Waals surface area contributed by atoms with Crippen LogP contribution in [0.5, 0.6) is 0 Å². The maximum absolute atomic E-state index is 12.1. The molecule has 0 N–H and O–H groups in total. The normalized spacial score (nSPS) is 12.0. The van der Waals surface area contributed by atoms with Crippen LogP contribution < -0.4 is 0 Å². The monoisotopic (exact) mass is 337 g/mol. The van der Waals surface area contributed by atoms with Gasteiger partial charge in [0.15, 0.2) is 0 Å². The van der Waals surface area contributed by atoms with Gasteiger partial charge in [-0.15, -0.1) is 0 Å². The lowest BCUT2D eigenvalue weighted by Crippen LogP contribution is -2.33. The van der Waals surface area contributed by atoms with Crippen LogP contribution in [0.1, 0.15) is 17.0 Å². The van der Waals surface area contributed by atoms with Crippen LogP contribution in [0.2, 0.25) is 0 Å². The maximum Gasteiger partial charge on any atom is 0.410 e. The average molecular weight is 337 g/mol. The van der Waals surface area contributed by atoms with Crippen molar-refractivity contribution in [2.24, 2.45) is 0 Å². The topological polar surface area (TPSA) is 55.8 Å². The highest BCUT2D eigenvalue weighted by molar-refractivity contribution is 5.80. The van der Waals surface area contributed by atoms with Crippen LogP contribution in [0.3, 0.4) is 0 Å². The van der Waals surface area contributed by atoms with Crippen molar-refractivity contribution in [3.8, 4) is 11.1 Å². The van der Waals surface area contributed by atoms with Gasteiger partial charge in [0, 0.05) is 13.0 Å². The van der Waals surface area contributed by atoms with Gasteiger partial charge in [-0.1, -0.05) is 55.1 Å². The highest BCUT2D eigenvalue weighted by Gasteiger charge is 2.29. The SMILES string of the molecule is C=COC(=O)CN(C)C(=O)OCC1c2ccccc2-c2ccccc21. The number of hydrogen-bond donors (Lipinski definition) is 0. The molecule has 0 atom stereocenters. The summed E-state index contributed by atoms with van der Waals surface area (Å²) in [5.74, 6) is -0.573. The van der Waals surface area contributed by atoms with E-state index in [1.165, 1.54) is 23.1 Å². The second-order valence-corrected chi connectivity index (χ2v) is 5.82. The van der Waals surface area contributed by atoms with E-state index in [0.717, 1.165) is 17.4 Å². The van der Waals surface area contributed by atoms with Crippen molar-refractivity contribution in [2.45, 2.75) is 5.92 Å². The Balaban J connectivity index is 1.70. The molecule has 0 fully saturated rings. The molecule has 0 radical (unpaired) electrons. The van der Waals surface area contributed by atoms with E-state index in [9.17, 15) is 9.59 Å². The molecule has 0 bridgehead atoms. The van der Waals surface area contributed by atoms with Crippen LogP contribution in [0, 0.1) is 0 Å². The van der Waals surface area contributed by atoms with Gasteiger partial charge in [-0.2, -0.15) is 0 Å². The van der Waals surface area contributed by atoms with Gasteiger partial charge in [-0.25, -0.2) is 9.59 Å². The minimum atomic E-state index is -0.567. The number of amides is 1. The lowest BCUT2D eigenvalue weighted by molar-refractivity contribution is -0.138. The van der Waals surface area contributed by atoms with Crippen LogP contribution in [-0.2, 0) is 14.3 Å². The highest BCUT2D eigenvalue weighted by atomic mass is 16.6. The molecule has 1 aliphatic carbocycles. The molecule has 2 aromatic carbocycles. The fourth-order valence-corrected chi connectivity index (χ4v) is 3.09. The number of ether oxygens (including phenoxy) is 2. The number of esters is 1. The predicted molar refractivity (Wildman–Crippen MR) is 94.0 cm³/mol. The summed E-state index contributed by atoms with van der Waals surface area (Å²) in [6, 6.07) is 16.2. The summed E-state index contributed by atoms with van der Waals surface area (Å²) < 4.78 is 10.0. The van der Waals surface area contributed by atoms with Crippen molar-refractivity contribution in [1.29, 1.82) is 0 Å². The third-order valence-corrected chi connectivity index (χ3v) is 4.23. The van der Waals surface area contributed by atoms with Crippen molar-refractivity contribution >= 4 is 12.1 Å². The largest absolute Gasteiger partial charge is 0.448 e. The summed E-state index contributed by atoms with van der Waals surface area (Å²) in [6.45, 7) is 3.33. The lowest BCUT2D eigenvalue weighted by Gasteiger charge is -2.18. The van der Waals surface area contributed by atoms with E-state index in [2.05, 4.69) is 35.6 Å². The summed E-state index contributed by atoms with van der Waals surface area (Å²) in [6.07, 6.45) is 0.469. The first kappa shape index (κ1) is 16.8. The smallest absolute Gasteiger partial charge is 0.410 e. The molecule has 0 heterocycles. The standard InChI is InChI=1S/C20H19NO4/c1-3-24-19(22)12-21(2)20(23)25-13-18-16-10-6-4-8-14(16)15-9-5-7-11-17(15)18/h3-11,18H,1,12-13H2,2H3. The van der Waals surface area contributed by atoms with E-state index in [0.29, 0.717) is 0 Å². The minimum absolute atomic E-state index is 0.00937. The molecule has 1 aliphatic rings. The molecule has 1 amide bonds. The van der Waals surface area contributed by atoms with Gasteiger partial charge >= 0.3 is 12.1 Å². The van der Waals surface area contributed by atoms with Crippen molar-refractivity contribution in [3.63, 3.8) is 0 Å². The van der Waals surface area contributed by atoms with Gasteiger partial charge in [0.25, 0.3) is 0 Å². The fourth-order valence-electron chi connectivity index (χ4n) is 3.09. The van der Waals surface area contributed by atoms with Crippen molar-refractivity contribution in [2.75, 3.05) is 20.2 Å². The van der Waals surface area contributed by atoms with Gasteiger partial charge in [0.2, 0.25) is 0 Å². The Morgan fingerprint density at radius 2 is 1.64 bits per heavy atom. The first-order chi connectivity index (χ1) is 12.1. The summed E-state index contributed by atoms with van der Waals surface area (Å²) in [7, 11) is 1.49. The first-order valence-corrected chi connectivity index (χ1v) is 7.98. The molecular formula is C20H19NO4. The van der Waals surface area contributed by atoms with Crippen molar-refractivity contribution in [3.05, 3.63) is 72.5 Å². The highest BCUT2D eigenvalue weighted by Crippen LogP contribution is 2.44. The van der Waals surface area contributed by atoms with Crippen molar-refractivity contribution in [1.82, 2.24) is 4.90 Å². The molecule has 0 aromatic heterocycles. The van der Waals surface area contributed by atoms with Crippen LogP contribution in [0.25, 0.3) is 11.1 Å². The van der Waals surface area contributed by atoms with E-state index in [1.807, 2.05) is 24.3 Å². The van der Waals surface area contributed by atoms with E-state index in [1.54, 1.807) is 0 Å². The molecule has 0 saturated carbocycles. The second-order valence-electron chi connectivity index (χ2n) is 5.82. The first-order valence-electron chi connectivity index (χ1n) is 7.98. The number of carbonyl (C=O) groups excluding carboxylic acids is 2. The van der Waals surface area contributed by atoms with Gasteiger partial charge < -0.3 is 14.4 Å².